The van der Waals surface area contributed by atoms with E-state index in [1.807, 2.05) is 25.1 Å². The van der Waals surface area contributed by atoms with Crippen LogP contribution >= 0.6 is 27.5 Å². The van der Waals surface area contributed by atoms with E-state index in [4.69, 9.17) is 11.6 Å². The summed E-state index contributed by atoms with van der Waals surface area (Å²) in [6, 6.07) is 7.94. The highest BCUT2D eigenvalue weighted by Crippen LogP contribution is 2.34. The molecule has 0 fully saturated rings. The average molecular weight is 346 g/mol. The van der Waals surface area contributed by atoms with Gasteiger partial charge in [0.05, 0.1) is 5.38 Å². The monoisotopic (exact) mass is 344 g/mol. The first-order chi connectivity index (χ1) is 8.90. The normalized spacial score (nSPS) is 12.5. The average Bonchev–Trinajstić information content (AvgIpc) is 2.36. The second kappa shape index (κ2) is 5.59. The lowest BCUT2D eigenvalue weighted by atomic mass is 9.98. The number of alkyl halides is 1. The highest BCUT2D eigenvalue weighted by Gasteiger charge is 2.19. The van der Waals surface area contributed by atoms with Crippen LogP contribution in [0.3, 0.4) is 0 Å². The van der Waals surface area contributed by atoms with E-state index in [0.29, 0.717) is 0 Å². The molecule has 0 spiro atoms. The van der Waals surface area contributed by atoms with Crippen molar-refractivity contribution in [2.75, 3.05) is 0 Å². The van der Waals surface area contributed by atoms with Crippen LogP contribution in [0.5, 0.6) is 0 Å². The Hall–Kier alpha value is -0.930. The number of benzene rings is 2. The van der Waals surface area contributed by atoms with Crippen molar-refractivity contribution in [2.45, 2.75) is 19.2 Å². The van der Waals surface area contributed by atoms with Gasteiger partial charge in [0.25, 0.3) is 0 Å². The van der Waals surface area contributed by atoms with Gasteiger partial charge in [-0.1, -0.05) is 22.0 Å². The Labute approximate surface area is 124 Å². The zero-order valence-corrected chi connectivity index (χ0v) is 12.8. The molecule has 4 heteroatoms. The van der Waals surface area contributed by atoms with Crippen molar-refractivity contribution in [2.24, 2.45) is 0 Å². The highest BCUT2D eigenvalue weighted by atomic mass is 79.9. The first-order valence-electron chi connectivity index (χ1n) is 5.76. The van der Waals surface area contributed by atoms with Crippen LogP contribution < -0.4 is 0 Å². The van der Waals surface area contributed by atoms with Crippen molar-refractivity contribution in [1.29, 1.82) is 0 Å². The van der Waals surface area contributed by atoms with Gasteiger partial charge in [-0.3, -0.25) is 0 Å². The lowest BCUT2D eigenvalue weighted by molar-refractivity contribution is 0.580. The Morgan fingerprint density at radius 1 is 0.947 bits per heavy atom. The minimum atomic E-state index is -0.715. The van der Waals surface area contributed by atoms with Crippen LogP contribution in [-0.4, -0.2) is 0 Å². The molecule has 0 amide bonds. The van der Waals surface area contributed by atoms with E-state index in [1.165, 1.54) is 19.1 Å². The van der Waals surface area contributed by atoms with Gasteiger partial charge in [-0.05, 0) is 54.8 Å². The minimum absolute atomic E-state index is 0.158. The molecule has 1 atom stereocenters. The van der Waals surface area contributed by atoms with E-state index in [1.54, 1.807) is 0 Å². The van der Waals surface area contributed by atoms with Crippen LogP contribution in [0.25, 0.3) is 0 Å². The molecule has 0 radical (unpaired) electrons. The molecule has 0 saturated carbocycles. The van der Waals surface area contributed by atoms with Crippen LogP contribution in [0, 0.1) is 25.5 Å². The summed E-state index contributed by atoms with van der Waals surface area (Å²) in [7, 11) is 0. The number of hydrogen-bond donors (Lipinski definition) is 0. The maximum Gasteiger partial charge on any atom is 0.128 e. The first kappa shape index (κ1) is 14.5. The van der Waals surface area contributed by atoms with Crippen LogP contribution in [0.15, 0.2) is 34.8 Å². The predicted octanol–water partition coefficient (Wildman–Crippen LogP) is 5.67. The third-order valence-electron chi connectivity index (χ3n) is 3.07. The van der Waals surface area contributed by atoms with E-state index in [9.17, 15) is 8.78 Å². The van der Waals surface area contributed by atoms with Crippen LogP contribution in [0.4, 0.5) is 8.78 Å². The molecule has 19 heavy (non-hydrogen) atoms. The smallest absolute Gasteiger partial charge is 0.128 e. The summed E-state index contributed by atoms with van der Waals surface area (Å²) in [5.74, 6) is -0.937. The van der Waals surface area contributed by atoms with Gasteiger partial charge in [0, 0.05) is 10.0 Å². The molecule has 0 aliphatic heterocycles. The van der Waals surface area contributed by atoms with Crippen LogP contribution in [0.2, 0.25) is 0 Å². The number of halogens is 4. The van der Waals surface area contributed by atoms with Crippen LogP contribution in [0.1, 0.15) is 27.6 Å². The largest absolute Gasteiger partial charge is 0.207 e. The quantitative estimate of drug-likeness (QED) is 0.615. The molecule has 0 aliphatic rings. The van der Waals surface area contributed by atoms with Gasteiger partial charge < -0.3 is 0 Å². The molecule has 0 aliphatic carbocycles. The second-order valence-corrected chi connectivity index (χ2v) is 5.84. The second-order valence-electron chi connectivity index (χ2n) is 4.49. The third-order valence-corrected chi connectivity index (χ3v) is 4.03. The Morgan fingerprint density at radius 3 is 2.32 bits per heavy atom. The maximum atomic E-state index is 13.9. The maximum absolute atomic E-state index is 13.9. The summed E-state index contributed by atoms with van der Waals surface area (Å²) in [6.45, 7) is 3.41. The third kappa shape index (κ3) is 2.98. The van der Waals surface area contributed by atoms with Crippen molar-refractivity contribution in [3.05, 3.63) is 68.7 Å². The molecule has 0 bridgehead atoms. The van der Waals surface area contributed by atoms with Gasteiger partial charge in [0.2, 0.25) is 0 Å². The van der Waals surface area contributed by atoms with Crippen molar-refractivity contribution in [1.82, 2.24) is 0 Å². The molecular formula is C15H12BrClF2. The van der Waals surface area contributed by atoms with E-state index >= 15 is 0 Å². The summed E-state index contributed by atoms with van der Waals surface area (Å²) in [6.07, 6.45) is 0. The fourth-order valence-corrected chi connectivity index (χ4v) is 2.69. The lowest BCUT2D eigenvalue weighted by Gasteiger charge is -2.15. The Balaban J connectivity index is 2.52. The highest BCUT2D eigenvalue weighted by molar-refractivity contribution is 9.10. The zero-order chi connectivity index (χ0) is 14.2. The van der Waals surface area contributed by atoms with E-state index in [2.05, 4.69) is 15.9 Å². The van der Waals surface area contributed by atoms with E-state index in [0.717, 1.165) is 15.6 Å². The minimum Gasteiger partial charge on any atom is -0.207 e. The van der Waals surface area contributed by atoms with E-state index in [-0.39, 0.29) is 11.1 Å². The molecule has 0 aromatic heterocycles. The molecule has 2 aromatic rings. The van der Waals surface area contributed by atoms with Gasteiger partial charge in [-0.15, -0.1) is 11.6 Å². The fourth-order valence-electron chi connectivity index (χ4n) is 1.91. The van der Waals surface area contributed by atoms with Gasteiger partial charge in [0.15, 0.2) is 0 Å². The van der Waals surface area contributed by atoms with Gasteiger partial charge >= 0.3 is 0 Å². The fraction of sp³-hybridized carbons (Fsp3) is 0.200. The molecule has 100 valence electrons. The molecule has 0 saturated heterocycles. The molecular weight excluding hydrogens is 334 g/mol. The molecule has 1 unspecified atom stereocenters. The SMILES string of the molecule is Cc1cc(F)c(C(Cl)c2cc(Br)ccc2C)cc1F. The van der Waals surface area contributed by atoms with Crippen molar-refractivity contribution < 1.29 is 8.78 Å². The Bertz CT molecular complexity index is 626. The van der Waals surface area contributed by atoms with Gasteiger partial charge in [0.1, 0.15) is 11.6 Å². The summed E-state index contributed by atoms with van der Waals surface area (Å²) < 4.78 is 28.4. The number of aryl methyl sites for hydroxylation is 2. The standard InChI is InChI=1S/C15H12BrClF2/c1-8-3-4-10(16)6-11(8)15(17)12-7-13(18)9(2)5-14(12)19/h3-7,15H,1-2H3. The Kier molecular flexibility index (Phi) is 4.26. The lowest BCUT2D eigenvalue weighted by Crippen LogP contribution is -2.01. The van der Waals surface area contributed by atoms with Crippen LogP contribution in [-0.2, 0) is 0 Å². The molecule has 0 N–H and O–H groups in total. The molecule has 0 nitrogen and oxygen atoms in total. The van der Waals surface area contributed by atoms with Crippen molar-refractivity contribution in [3.8, 4) is 0 Å². The molecule has 2 rings (SSSR count). The number of hydrogen-bond acceptors (Lipinski definition) is 0. The summed E-state index contributed by atoms with van der Waals surface area (Å²) in [5.41, 5.74) is 2.13. The topological polar surface area (TPSA) is 0 Å². The summed E-state index contributed by atoms with van der Waals surface area (Å²) in [4.78, 5) is 0. The Morgan fingerprint density at radius 2 is 1.63 bits per heavy atom. The zero-order valence-electron chi connectivity index (χ0n) is 10.5. The van der Waals surface area contributed by atoms with E-state index < -0.39 is 17.0 Å². The predicted molar refractivity (Wildman–Crippen MR) is 77.7 cm³/mol. The first-order valence-corrected chi connectivity index (χ1v) is 6.98. The van der Waals surface area contributed by atoms with Crippen molar-refractivity contribution >= 4 is 27.5 Å². The van der Waals surface area contributed by atoms with Crippen molar-refractivity contribution in [3.63, 3.8) is 0 Å². The molecule has 2 aromatic carbocycles. The molecule has 0 heterocycles. The van der Waals surface area contributed by atoms with Gasteiger partial charge in [-0.2, -0.15) is 0 Å². The number of rotatable bonds is 2. The summed E-state index contributed by atoms with van der Waals surface area (Å²) >= 11 is 9.67. The summed E-state index contributed by atoms with van der Waals surface area (Å²) in [5, 5.41) is -0.715. The van der Waals surface area contributed by atoms with Gasteiger partial charge in [-0.25, -0.2) is 8.78 Å².